The first-order valence-electron chi connectivity index (χ1n) is 7.56. The standard InChI is InChI=1S/C18H16BrNO4/c1-11(24-18(23)14-10-13(19)6-7-16(14)21)17(22)20-9-8-12-4-2-3-5-15(12)20/h2-7,10-11,21H,8-9H2,1H3/t11-/m1/s1. The quantitative estimate of drug-likeness (QED) is 0.817. The molecular weight excluding hydrogens is 374 g/mol. The van der Waals surface area contributed by atoms with Crippen molar-refractivity contribution in [2.24, 2.45) is 0 Å². The van der Waals surface area contributed by atoms with E-state index in [0.717, 1.165) is 17.7 Å². The minimum absolute atomic E-state index is 0.0193. The molecule has 1 aliphatic heterocycles. The summed E-state index contributed by atoms with van der Waals surface area (Å²) in [5.41, 5.74) is 1.98. The summed E-state index contributed by atoms with van der Waals surface area (Å²) in [7, 11) is 0. The van der Waals surface area contributed by atoms with E-state index in [1.807, 2.05) is 24.3 Å². The number of amides is 1. The summed E-state index contributed by atoms with van der Waals surface area (Å²) in [6.45, 7) is 2.11. The van der Waals surface area contributed by atoms with E-state index in [9.17, 15) is 14.7 Å². The lowest BCUT2D eigenvalue weighted by Gasteiger charge is -2.21. The zero-order chi connectivity index (χ0) is 17.3. The number of carbonyl (C=O) groups excluding carboxylic acids is 2. The average Bonchev–Trinajstić information content (AvgIpc) is 3.00. The molecule has 6 heteroatoms. The number of rotatable bonds is 3. The van der Waals surface area contributed by atoms with Gasteiger partial charge in [0.15, 0.2) is 6.10 Å². The molecule has 1 atom stereocenters. The molecule has 0 radical (unpaired) electrons. The van der Waals surface area contributed by atoms with E-state index < -0.39 is 12.1 Å². The molecule has 2 aromatic rings. The van der Waals surface area contributed by atoms with E-state index in [4.69, 9.17) is 4.74 Å². The van der Waals surface area contributed by atoms with Crippen LogP contribution in [-0.4, -0.2) is 29.6 Å². The summed E-state index contributed by atoms with van der Waals surface area (Å²) in [4.78, 5) is 26.5. The molecule has 24 heavy (non-hydrogen) atoms. The Morgan fingerprint density at radius 1 is 1.25 bits per heavy atom. The van der Waals surface area contributed by atoms with Gasteiger partial charge >= 0.3 is 5.97 Å². The number of anilines is 1. The topological polar surface area (TPSA) is 66.8 Å². The van der Waals surface area contributed by atoms with Crippen LogP contribution in [0, 0.1) is 0 Å². The first-order valence-corrected chi connectivity index (χ1v) is 8.35. The molecule has 1 aliphatic rings. The van der Waals surface area contributed by atoms with Crippen LogP contribution >= 0.6 is 15.9 Å². The number of halogens is 1. The third kappa shape index (κ3) is 3.14. The van der Waals surface area contributed by atoms with Gasteiger partial charge in [0, 0.05) is 16.7 Å². The van der Waals surface area contributed by atoms with Crippen LogP contribution in [-0.2, 0) is 16.0 Å². The second kappa shape index (κ2) is 6.65. The van der Waals surface area contributed by atoms with E-state index in [0.29, 0.717) is 11.0 Å². The normalized spacial score (nSPS) is 14.2. The Morgan fingerprint density at radius 3 is 2.79 bits per heavy atom. The Kier molecular flexibility index (Phi) is 4.57. The molecule has 0 aliphatic carbocycles. The van der Waals surface area contributed by atoms with Gasteiger partial charge in [0.25, 0.3) is 5.91 Å². The largest absolute Gasteiger partial charge is 0.507 e. The number of phenols is 1. The van der Waals surface area contributed by atoms with E-state index in [1.54, 1.807) is 11.0 Å². The Morgan fingerprint density at radius 2 is 2.00 bits per heavy atom. The molecule has 1 heterocycles. The number of carbonyl (C=O) groups is 2. The number of aromatic hydroxyl groups is 1. The van der Waals surface area contributed by atoms with Crippen LogP contribution in [0.15, 0.2) is 46.9 Å². The number of benzene rings is 2. The molecule has 0 aromatic heterocycles. The molecule has 3 rings (SSSR count). The summed E-state index contributed by atoms with van der Waals surface area (Å²) in [5, 5.41) is 9.78. The third-order valence-corrected chi connectivity index (χ3v) is 4.46. The lowest BCUT2D eigenvalue weighted by Crippen LogP contribution is -2.39. The molecule has 5 nitrogen and oxygen atoms in total. The highest BCUT2D eigenvalue weighted by atomic mass is 79.9. The van der Waals surface area contributed by atoms with Gasteiger partial charge in [-0.2, -0.15) is 0 Å². The highest BCUT2D eigenvalue weighted by molar-refractivity contribution is 9.10. The molecule has 1 N–H and O–H groups in total. The molecule has 0 saturated heterocycles. The van der Waals surface area contributed by atoms with E-state index >= 15 is 0 Å². The van der Waals surface area contributed by atoms with Crippen LogP contribution in [0.4, 0.5) is 5.69 Å². The molecule has 0 bridgehead atoms. The summed E-state index contributed by atoms with van der Waals surface area (Å²) in [6, 6.07) is 12.1. The van der Waals surface area contributed by atoms with Crippen LogP contribution in [0.25, 0.3) is 0 Å². The van der Waals surface area contributed by atoms with Crippen molar-refractivity contribution in [1.29, 1.82) is 0 Å². The van der Waals surface area contributed by atoms with Gasteiger partial charge < -0.3 is 14.7 Å². The van der Waals surface area contributed by atoms with Crippen LogP contribution in [0.5, 0.6) is 5.75 Å². The number of para-hydroxylation sites is 1. The predicted molar refractivity (Wildman–Crippen MR) is 93.2 cm³/mol. The Bertz CT molecular complexity index is 805. The molecular formula is C18H16BrNO4. The fourth-order valence-corrected chi connectivity index (χ4v) is 3.09. The number of fused-ring (bicyclic) bond motifs is 1. The second-order valence-electron chi connectivity index (χ2n) is 5.58. The summed E-state index contributed by atoms with van der Waals surface area (Å²) < 4.78 is 5.89. The zero-order valence-corrected chi connectivity index (χ0v) is 14.6. The van der Waals surface area contributed by atoms with Crippen molar-refractivity contribution < 1.29 is 19.4 Å². The van der Waals surface area contributed by atoms with Gasteiger partial charge in [-0.05, 0) is 43.2 Å². The first kappa shape index (κ1) is 16.5. The number of phenolic OH excluding ortho intramolecular Hbond substituents is 1. The van der Waals surface area contributed by atoms with Crippen molar-refractivity contribution in [3.05, 3.63) is 58.1 Å². The highest BCUT2D eigenvalue weighted by Gasteiger charge is 2.30. The minimum Gasteiger partial charge on any atom is -0.507 e. The number of hydrogen-bond donors (Lipinski definition) is 1. The maximum atomic E-state index is 12.6. The molecule has 0 unspecified atom stereocenters. The molecule has 2 aromatic carbocycles. The van der Waals surface area contributed by atoms with Crippen LogP contribution in [0.2, 0.25) is 0 Å². The average molecular weight is 390 g/mol. The van der Waals surface area contributed by atoms with E-state index in [1.165, 1.54) is 19.1 Å². The molecule has 124 valence electrons. The van der Waals surface area contributed by atoms with E-state index in [2.05, 4.69) is 15.9 Å². The SMILES string of the molecule is C[C@@H](OC(=O)c1cc(Br)ccc1O)C(=O)N1CCc2ccccc21. The lowest BCUT2D eigenvalue weighted by atomic mass is 10.2. The Hall–Kier alpha value is -2.34. The van der Waals surface area contributed by atoms with Gasteiger partial charge in [-0.25, -0.2) is 4.79 Å². The van der Waals surface area contributed by atoms with Gasteiger partial charge in [-0.3, -0.25) is 4.79 Å². The van der Waals surface area contributed by atoms with E-state index in [-0.39, 0.29) is 17.2 Å². The molecule has 0 saturated carbocycles. The van der Waals surface area contributed by atoms with Crippen molar-refractivity contribution in [3.8, 4) is 5.75 Å². The van der Waals surface area contributed by atoms with Gasteiger partial charge in [-0.15, -0.1) is 0 Å². The smallest absolute Gasteiger partial charge is 0.342 e. The van der Waals surface area contributed by atoms with Crippen molar-refractivity contribution in [3.63, 3.8) is 0 Å². The van der Waals surface area contributed by atoms with Crippen molar-refractivity contribution >= 4 is 33.5 Å². The predicted octanol–water partition coefficient (Wildman–Crippen LogP) is 3.29. The molecule has 0 fully saturated rings. The fourth-order valence-electron chi connectivity index (χ4n) is 2.73. The van der Waals surface area contributed by atoms with Gasteiger partial charge in [-0.1, -0.05) is 34.1 Å². The Labute approximate surface area is 148 Å². The van der Waals surface area contributed by atoms with Crippen LogP contribution in [0.1, 0.15) is 22.8 Å². The number of nitrogens with zero attached hydrogens (tertiary/aromatic N) is 1. The summed E-state index contributed by atoms with van der Waals surface area (Å²) in [5.74, 6) is -1.20. The maximum absolute atomic E-state index is 12.6. The van der Waals surface area contributed by atoms with Gasteiger partial charge in [0.1, 0.15) is 11.3 Å². The molecule has 0 spiro atoms. The summed E-state index contributed by atoms with van der Waals surface area (Å²) in [6.07, 6.45) is -0.156. The zero-order valence-electron chi connectivity index (χ0n) is 13.0. The first-order chi connectivity index (χ1) is 11.5. The second-order valence-corrected chi connectivity index (χ2v) is 6.49. The van der Waals surface area contributed by atoms with Gasteiger partial charge in [0.05, 0.1) is 0 Å². The third-order valence-electron chi connectivity index (χ3n) is 3.96. The van der Waals surface area contributed by atoms with Crippen molar-refractivity contribution in [2.75, 3.05) is 11.4 Å². The minimum atomic E-state index is -0.943. The number of ether oxygens (including phenoxy) is 1. The summed E-state index contributed by atoms with van der Waals surface area (Å²) >= 11 is 3.24. The number of hydrogen-bond acceptors (Lipinski definition) is 4. The van der Waals surface area contributed by atoms with Crippen LogP contribution < -0.4 is 4.90 Å². The maximum Gasteiger partial charge on any atom is 0.342 e. The Balaban J connectivity index is 1.73. The van der Waals surface area contributed by atoms with Crippen molar-refractivity contribution in [2.45, 2.75) is 19.4 Å². The lowest BCUT2D eigenvalue weighted by molar-refractivity contribution is -0.126. The molecule has 1 amide bonds. The monoisotopic (exact) mass is 389 g/mol. The number of esters is 1. The van der Waals surface area contributed by atoms with Gasteiger partial charge in [0.2, 0.25) is 0 Å². The van der Waals surface area contributed by atoms with Crippen molar-refractivity contribution in [1.82, 2.24) is 0 Å². The fraction of sp³-hybridized carbons (Fsp3) is 0.222. The van der Waals surface area contributed by atoms with Crippen LogP contribution in [0.3, 0.4) is 0 Å². The highest BCUT2D eigenvalue weighted by Crippen LogP contribution is 2.29.